The van der Waals surface area contributed by atoms with Gasteiger partial charge >= 0.3 is 0 Å². The van der Waals surface area contributed by atoms with Crippen molar-refractivity contribution in [3.63, 3.8) is 0 Å². The van der Waals surface area contributed by atoms with Gasteiger partial charge in [0.05, 0.1) is 17.6 Å². The highest BCUT2D eigenvalue weighted by molar-refractivity contribution is 5.01. The van der Waals surface area contributed by atoms with Gasteiger partial charge in [0.15, 0.2) is 0 Å². The number of nitrogens with zero attached hydrogens (tertiary/aromatic N) is 1. The Morgan fingerprint density at radius 1 is 1.50 bits per heavy atom. The van der Waals surface area contributed by atoms with Gasteiger partial charge in [0.25, 0.3) is 0 Å². The van der Waals surface area contributed by atoms with Crippen LogP contribution in [0.2, 0.25) is 0 Å². The molecule has 1 saturated carbocycles. The molecule has 0 bridgehead atoms. The zero-order valence-corrected chi connectivity index (χ0v) is 9.29. The van der Waals surface area contributed by atoms with Gasteiger partial charge in [-0.05, 0) is 51.4 Å². The fourth-order valence-electron chi connectivity index (χ4n) is 2.22. The summed E-state index contributed by atoms with van der Waals surface area (Å²) in [5.74, 6) is 0.781. The van der Waals surface area contributed by atoms with Gasteiger partial charge in [0, 0.05) is 0 Å². The van der Waals surface area contributed by atoms with Crippen molar-refractivity contribution >= 4 is 0 Å². The molecule has 0 saturated heterocycles. The van der Waals surface area contributed by atoms with Crippen LogP contribution in [-0.4, -0.2) is 11.2 Å². The minimum absolute atomic E-state index is 0.122. The molecule has 0 aromatic rings. The zero-order valence-electron chi connectivity index (χ0n) is 9.29. The van der Waals surface area contributed by atoms with E-state index in [-0.39, 0.29) is 11.5 Å². The fraction of sp³-hybridized carbons (Fsp3) is 0.917. The van der Waals surface area contributed by atoms with E-state index in [4.69, 9.17) is 0 Å². The van der Waals surface area contributed by atoms with Crippen LogP contribution in [0.25, 0.3) is 0 Å². The van der Waals surface area contributed by atoms with Crippen molar-refractivity contribution in [3.8, 4) is 6.07 Å². The second kappa shape index (κ2) is 4.79. The van der Waals surface area contributed by atoms with Crippen LogP contribution in [0, 0.1) is 22.7 Å². The van der Waals surface area contributed by atoms with Gasteiger partial charge in [-0.3, -0.25) is 0 Å². The topological polar surface area (TPSA) is 44.0 Å². The summed E-state index contributed by atoms with van der Waals surface area (Å²) >= 11 is 0. The van der Waals surface area contributed by atoms with Gasteiger partial charge in [0.2, 0.25) is 0 Å². The molecule has 1 rings (SSSR count). The van der Waals surface area contributed by atoms with Crippen LogP contribution in [0.3, 0.4) is 0 Å². The maximum Gasteiger partial charge on any atom is 0.0689 e. The third-order valence-electron chi connectivity index (χ3n) is 3.51. The predicted molar refractivity (Wildman–Crippen MR) is 56.6 cm³/mol. The first kappa shape index (κ1) is 11.5. The molecule has 80 valence electrons. The molecule has 0 aromatic carbocycles. The SMILES string of the molecule is CC(O)CCC1(C#N)CCC(C)CC1. The minimum atomic E-state index is -0.264. The number of hydrogen-bond donors (Lipinski definition) is 1. The summed E-state index contributed by atoms with van der Waals surface area (Å²) in [6, 6.07) is 2.48. The Morgan fingerprint density at radius 2 is 2.07 bits per heavy atom. The van der Waals surface area contributed by atoms with Gasteiger partial charge in [0.1, 0.15) is 0 Å². The van der Waals surface area contributed by atoms with Crippen LogP contribution in [0.1, 0.15) is 52.4 Å². The molecule has 1 aliphatic rings. The van der Waals surface area contributed by atoms with E-state index in [2.05, 4.69) is 13.0 Å². The summed E-state index contributed by atoms with van der Waals surface area (Å²) in [5, 5.41) is 18.4. The average molecular weight is 195 g/mol. The van der Waals surface area contributed by atoms with Crippen molar-refractivity contribution in [2.24, 2.45) is 11.3 Å². The Bertz CT molecular complexity index is 209. The Kier molecular flexibility index (Phi) is 3.95. The van der Waals surface area contributed by atoms with E-state index in [0.717, 1.165) is 31.6 Å². The van der Waals surface area contributed by atoms with E-state index < -0.39 is 0 Å². The molecular formula is C12H21NO. The third kappa shape index (κ3) is 2.99. The first-order valence-corrected chi connectivity index (χ1v) is 5.67. The molecule has 0 aromatic heterocycles. The summed E-state index contributed by atoms with van der Waals surface area (Å²) in [4.78, 5) is 0. The molecule has 1 fully saturated rings. The van der Waals surface area contributed by atoms with Gasteiger partial charge in [-0.1, -0.05) is 6.92 Å². The van der Waals surface area contributed by atoms with E-state index in [1.807, 2.05) is 0 Å². The van der Waals surface area contributed by atoms with Crippen LogP contribution in [-0.2, 0) is 0 Å². The molecule has 2 nitrogen and oxygen atoms in total. The molecule has 2 heteroatoms. The van der Waals surface area contributed by atoms with E-state index >= 15 is 0 Å². The van der Waals surface area contributed by atoms with Crippen molar-refractivity contribution < 1.29 is 5.11 Å². The van der Waals surface area contributed by atoms with Gasteiger partial charge in [-0.2, -0.15) is 5.26 Å². The van der Waals surface area contributed by atoms with E-state index in [1.165, 1.54) is 12.8 Å². The molecule has 1 unspecified atom stereocenters. The third-order valence-corrected chi connectivity index (χ3v) is 3.51. The van der Waals surface area contributed by atoms with Crippen LogP contribution >= 0.6 is 0 Å². The number of aliphatic hydroxyl groups is 1. The van der Waals surface area contributed by atoms with Crippen LogP contribution in [0.4, 0.5) is 0 Å². The molecule has 0 radical (unpaired) electrons. The number of hydrogen-bond acceptors (Lipinski definition) is 2. The zero-order chi connectivity index (χ0) is 10.6. The summed E-state index contributed by atoms with van der Waals surface area (Å²) in [5.41, 5.74) is -0.122. The van der Waals surface area contributed by atoms with Crippen LogP contribution < -0.4 is 0 Å². The number of aliphatic hydroxyl groups excluding tert-OH is 1. The molecule has 0 aliphatic heterocycles. The highest BCUT2D eigenvalue weighted by Gasteiger charge is 2.33. The average Bonchev–Trinajstić information content (AvgIpc) is 2.18. The molecule has 0 amide bonds. The first-order chi connectivity index (χ1) is 6.58. The first-order valence-electron chi connectivity index (χ1n) is 5.67. The molecule has 0 spiro atoms. The van der Waals surface area contributed by atoms with Gasteiger partial charge in [-0.25, -0.2) is 0 Å². The lowest BCUT2D eigenvalue weighted by Gasteiger charge is -2.34. The number of rotatable bonds is 3. The van der Waals surface area contributed by atoms with Gasteiger partial charge < -0.3 is 5.11 Å². The van der Waals surface area contributed by atoms with Crippen molar-refractivity contribution in [1.82, 2.24) is 0 Å². The van der Waals surface area contributed by atoms with Crippen molar-refractivity contribution in [3.05, 3.63) is 0 Å². The van der Waals surface area contributed by atoms with E-state index in [1.54, 1.807) is 6.92 Å². The lowest BCUT2D eigenvalue weighted by molar-refractivity contribution is 0.139. The molecule has 1 aliphatic carbocycles. The second-order valence-electron chi connectivity index (χ2n) is 4.96. The van der Waals surface area contributed by atoms with Crippen molar-refractivity contribution in [2.45, 2.75) is 58.5 Å². The number of nitriles is 1. The second-order valence-corrected chi connectivity index (χ2v) is 4.96. The lowest BCUT2D eigenvalue weighted by Crippen LogP contribution is -2.26. The van der Waals surface area contributed by atoms with E-state index in [0.29, 0.717) is 0 Å². The monoisotopic (exact) mass is 195 g/mol. The molecule has 1 N–H and O–H groups in total. The standard InChI is InChI=1S/C12H21NO/c1-10-3-6-12(9-13,7-4-10)8-5-11(2)14/h10-11,14H,3-8H2,1-2H3. The fourth-order valence-corrected chi connectivity index (χ4v) is 2.22. The molecular weight excluding hydrogens is 174 g/mol. The molecule has 0 heterocycles. The molecule has 1 atom stereocenters. The van der Waals surface area contributed by atoms with E-state index in [9.17, 15) is 10.4 Å². The Balaban J connectivity index is 2.47. The quantitative estimate of drug-likeness (QED) is 0.752. The summed E-state index contributed by atoms with van der Waals surface area (Å²) in [7, 11) is 0. The van der Waals surface area contributed by atoms with Crippen molar-refractivity contribution in [2.75, 3.05) is 0 Å². The Labute approximate surface area is 86.9 Å². The predicted octanol–water partition coefficient (Wildman–Crippen LogP) is 2.87. The van der Waals surface area contributed by atoms with Crippen LogP contribution in [0.15, 0.2) is 0 Å². The normalized spacial score (nSPS) is 34.9. The summed E-state index contributed by atoms with van der Waals surface area (Å²) in [6.45, 7) is 4.06. The Hall–Kier alpha value is -0.550. The molecule has 14 heavy (non-hydrogen) atoms. The minimum Gasteiger partial charge on any atom is -0.393 e. The van der Waals surface area contributed by atoms with Crippen molar-refractivity contribution in [1.29, 1.82) is 5.26 Å². The lowest BCUT2D eigenvalue weighted by atomic mass is 9.69. The Morgan fingerprint density at radius 3 is 2.50 bits per heavy atom. The maximum absolute atomic E-state index is 9.24. The maximum atomic E-state index is 9.24. The highest BCUT2D eigenvalue weighted by atomic mass is 16.3. The van der Waals surface area contributed by atoms with Gasteiger partial charge in [-0.15, -0.1) is 0 Å². The largest absolute Gasteiger partial charge is 0.393 e. The van der Waals surface area contributed by atoms with Crippen LogP contribution in [0.5, 0.6) is 0 Å². The smallest absolute Gasteiger partial charge is 0.0689 e. The summed E-state index contributed by atoms with van der Waals surface area (Å²) in [6.07, 6.45) is 5.77. The summed E-state index contributed by atoms with van der Waals surface area (Å²) < 4.78 is 0. The highest BCUT2D eigenvalue weighted by Crippen LogP contribution is 2.41.